The first-order valence-electron chi connectivity index (χ1n) is 5.90. The van der Waals surface area contributed by atoms with Crippen molar-refractivity contribution in [3.05, 3.63) is 67.1 Å². The molecule has 0 aromatic heterocycles. The van der Waals surface area contributed by atoms with Crippen LogP contribution in [0.4, 0.5) is 11.4 Å². The summed E-state index contributed by atoms with van der Waals surface area (Å²) in [5.41, 5.74) is 1.02. The van der Waals surface area contributed by atoms with E-state index in [-0.39, 0.29) is 10.6 Å². The number of carbonyl (C=O) groups excluding carboxylic acids is 1. The summed E-state index contributed by atoms with van der Waals surface area (Å²) < 4.78 is 0.911. The first-order chi connectivity index (χ1) is 9.90. The van der Waals surface area contributed by atoms with Gasteiger partial charge in [-0.05, 0) is 42.8 Å². The minimum Gasteiger partial charge on any atom is -0.322 e. The van der Waals surface area contributed by atoms with E-state index in [1.54, 1.807) is 18.2 Å². The molecule has 108 valence electrons. The highest BCUT2D eigenvalue weighted by molar-refractivity contribution is 9.10. The molecule has 0 heterocycles. The number of halogens is 2. The standard InChI is InChI=1S/C14H10BrClN2O3/c1-8-7-9(5-6-11(8)15)17-14(19)10-3-2-4-12(16)13(10)18(20)21/h2-7H,1H3,(H,17,19). The van der Waals surface area contributed by atoms with Crippen LogP contribution >= 0.6 is 27.5 Å². The maximum Gasteiger partial charge on any atom is 0.300 e. The molecule has 2 aromatic carbocycles. The second-order valence-corrected chi connectivity index (χ2v) is 5.57. The van der Waals surface area contributed by atoms with E-state index in [1.807, 2.05) is 6.92 Å². The molecule has 0 aliphatic carbocycles. The second kappa shape index (κ2) is 6.24. The lowest BCUT2D eigenvalue weighted by atomic mass is 10.1. The molecule has 0 fully saturated rings. The molecule has 5 nitrogen and oxygen atoms in total. The number of carbonyl (C=O) groups is 1. The lowest BCUT2D eigenvalue weighted by Gasteiger charge is -2.08. The van der Waals surface area contributed by atoms with Gasteiger partial charge in [0.25, 0.3) is 5.91 Å². The summed E-state index contributed by atoms with van der Waals surface area (Å²) in [6.07, 6.45) is 0. The number of nitro groups is 1. The van der Waals surface area contributed by atoms with Crippen molar-refractivity contribution in [2.75, 3.05) is 5.32 Å². The van der Waals surface area contributed by atoms with Crippen LogP contribution < -0.4 is 5.32 Å². The average molecular weight is 370 g/mol. The van der Waals surface area contributed by atoms with Crippen molar-refractivity contribution in [2.24, 2.45) is 0 Å². The fourth-order valence-electron chi connectivity index (χ4n) is 1.80. The van der Waals surface area contributed by atoms with E-state index in [1.165, 1.54) is 18.2 Å². The molecular formula is C14H10BrClN2O3. The molecule has 1 N–H and O–H groups in total. The summed E-state index contributed by atoms with van der Waals surface area (Å²) in [5.74, 6) is -0.578. The van der Waals surface area contributed by atoms with Crippen LogP contribution in [0.1, 0.15) is 15.9 Å². The van der Waals surface area contributed by atoms with Gasteiger partial charge >= 0.3 is 5.69 Å². The summed E-state index contributed by atoms with van der Waals surface area (Å²) >= 11 is 9.15. The van der Waals surface area contributed by atoms with Crippen LogP contribution in [0, 0.1) is 17.0 Å². The fraction of sp³-hybridized carbons (Fsp3) is 0.0714. The summed E-state index contributed by atoms with van der Waals surface area (Å²) in [7, 11) is 0. The molecule has 0 spiro atoms. The number of amides is 1. The minimum atomic E-state index is -0.663. The Morgan fingerprint density at radius 3 is 2.67 bits per heavy atom. The topological polar surface area (TPSA) is 72.2 Å². The average Bonchev–Trinajstić information content (AvgIpc) is 2.42. The molecule has 0 radical (unpaired) electrons. The van der Waals surface area contributed by atoms with Gasteiger partial charge in [-0.1, -0.05) is 33.6 Å². The fourth-order valence-corrected chi connectivity index (χ4v) is 2.30. The monoisotopic (exact) mass is 368 g/mol. The number of hydrogen-bond donors (Lipinski definition) is 1. The van der Waals surface area contributed by atoms with Crippen LogP contribution in [0.5, 0.6) is 0 Å². The maximum absolute atomic E-state index is 12.2. The van der Waals surface area contributed by atoms with Gasteiger partial charge in [-0.3, -0.25) is 14.9 Å². The molecule has 0 bridgehead atoms. The third-order valence-electron chi connectivity index (χ3n) is 2.83. The first kappa shape index (κ1) is 15.5. The van der Waals surface area contributed by atoms with Crippen LogP contribution in [-0.2, 0) is 0 Å². The number of para-hydroxylation sites is 1. The quantitative estimate of drug-likeness (QED) is 0.636. The molecule has 0 saturated heterocycles. The molecule has 0 aliphatic rings. The molecular weight excluding hydrogens is 360 g/mol. The Morgan fingerprint density at radius 1 is 1.33 bits per heavy atom. The summed E-state index contributed by atoms with van der Waals surface area (Å²) in [6.45, 7) is 1.88. The smallest absolute Gasteiger partial charge is 0.300 e. The molecule has 2 aromatic rings. The number of benzene rings is 2. The SMILES string of the molecule is Cc1cc(NC(=O)c2cccc(Cl)c2[N+](=O)[O-])ccc1Br. The number of nitrogens with zero attached hydrogens (tertiary/aromatic N) is 1. The second-order valence-electron chi connectivity index (χ2n) is 4.31. The molecule has 2 rings (SSSR count). The van der Waals surface area contributed by atoms with Gasteiger partial charge in [0.1, 0.15) is 10.6 Å². The lowest BCUT2D eigenvalue weighted by molar-refractivity contribution is -0.385. The Labute approximate surface area is 134 Å². The van der Waals surface area contributed by atoms with Crippen LogP contribution in [0.2, 0.25) is 5.02 Å². The van der Waals surface area contributed by atoms with Crippen molar-refractivity contribution in [1.29, 1.82) is 0 Å². The maximum atomic E-state index is 12.2. The number of nitro benzene ring substituents is 1. The van der Waals surface area contributed by atoms with Crippen molar-refractivity contribution in [2.45, 2.75) is 6.92 Å². The van der Waals surface area contributed by atoms with Crippen molar-refractivity contribution < 1.29 is 9.72 Å². The third kappa shape index (κ3) is 3.40. The van der Waals surface area contributed by atoms with Crippen LogP contribution in [0.15, 0.2) is 40.9 Å². The molecule has 7 heteroatoms. The molecule has 0 atom stereocenters. The normalized spacial score (nSPS) is 10.2. The van der Waals surface area contributed by atoms with Gasteiger partial charge in [0.2, 0.25) is 0 Å². The van der Waals surface area contributed by atoms with Gasteiger partial charge in [-0.2, -0.15) is 0 Å². The third-order valence-corrected chi connectivity index (χ3v) is 4.02. The zero-order valence-electron chi connectivity index (χ0n) is 10.9. The Hall–Kier alpha value is -1.92. The number of hydrogen-bond acceptors (Lipinski definition) is 3. The predicted octanol–water partition coefficient (Wildman–Crippen LogP) is 4.57. The highest BCUT2D eigenvalue weighted by Crippen LogP contribution is 2.29. The van der Waals surface area contributed by atoms with E-state index in [0.29, 0.717) is 5.69 Å². The van der Waals surface area contributed by atoms with E-state index < -0.39 is 16.5 Å². The Bertz CT molecular complexity index is 734. The lowest BCUT2D eigenvalue weighted by Crippen LogP contribution is -2.14. The van der Waals surface area contributed by atoms with E-state index >= 15 is 0 Å². The van der Waals surface area contributed by atoms with Gasteiger partial charge in [0.05, 0.1) is 4.92 Å². The van der Waals surface area contributed by atoms with Gasteiger partial charge in [-0.25, -0.2) is 0 Å². The highest BCUT2D eigenvalue weighted by Gasteiger charge is 2.23. The van der Waals surface area contributed by atoms with E-state index in [2.05, 4.69) is 21.2 Å². The van der Waals surface area contributed by atoms with Crippen molar-refractivity contribution in [3.8, 4) is 0 Å². The van der Waals surface area contributed by atoms with E-state index in [9.17, 15) is 14.9 Å². The Kier molecular flexibility index (Phi) is 4.59. The number of rotatable bonds is 3. The minimum absolute atomic E-state index is 0.0698. The van der Waals surface area contributed by atoms with Gasteiger partial charge in [0, 0.05) is 10.2 Å². The molecule has 0 aliphatic heterocycles. The Balaban J connectivity index is 2.35. The van der Waals surface area contributed by atoms with Crippen molar-refractivity contribution in [1.82, 2.24) is 0 Å². The molecule has 21 heavy (non-hydrogen) atoms. The molecule has 0 unspecified atom stereocenters. The zero-order chi connectivity index (χ0) is 15.6. The van der Waals surface area contributed by atoms with E-state index in [0.717, 1.165) is 10.0 Å². The van der Waals surface area contributed by atoms with Gasteiger partial charge in [-0.15, -0.1) is 0 Å². The van der Waals surface area contributed by atoms with Gasteiger partial charge in [0.15, 0.2) is 0 Å². The van der Waals surface area contributed by atoms with Crippen LogP contribution in [0.25, 0.3) is 0 Å². The number of aryl methyl sites for hydroxylation is 1. The highest BCUT2D eigenvalue weighted by atomic mass is 79.9. The summed E-state index contributed by atoms with van der Waals surface area (Å²) in [6, 6.07) is 9.49. The Morgan fingerprint density at radius 2 is 2.05 bits per heavy atom. The largest absolute Gasteiger partial charge is 0.322 e. The van der Waals surface area contributed by atoms with Crippen LogP contribution in [0.3, 0.4) is 0 Å². The number of anilines is 1. The van der Waals surface area contributed by atoms with Gasteiger partial charge < -0.3 is 5.32 Å². The summed E-state index contributed by atoms with van der Waals surface area (Å²) in [4.78, 5) is 22.6. The zero-order valence-corrected chi connectivity index (χ0v) is 13.2. The predicted molar refractivity (Wildman–Crippen MR) is 84.9 cm³/mol. The van der Waals surface area contributed by atoms with Crippen molar-refractivity contribution in [3.63, 3.8) is 0 Å². The number of nitrogens with one attached hydrogen (secondary N) is 1. The molecule has 0 saturated carbocycles. The van der Waals surface area contributed by atoms with E-state index in [4.69, 9.17) is 11.6 Å². The van der Waals surface area contributed by atoms with Crippen molar-refractivity contribution >= 4 is 44.8 Å². The summed E-state index contributed by atoms with van der Waals surface area (Å²) in [5, 5.41) is 13.6. The molecule has 1 amide bonds. The van der Waals surface area contributed by atoms with Crippen LogP contribution in [-0.4, -0.2) is 10.8 Å². The first-order valence-corrected chi connectivity index (χ1v) is 7.07.